The molecule has 0 spiro atoms. The number of nitrogens with zero attached hydrogens (tertiary/aromatic N) is 2. The molecule has 0 aliphatic heterocycles. The number of aromatic amines is 1. The number of rotatable bonds is 5. The highest BCUT2D eigenvalue weighted by Crippen LogP contribution is 2.12. The first-order valence-electron chi connectivity index (χ1n) is 6.01. The minimum Gasteiger partial charge on any atom is -0.497 e. The Morgan fingerprint density at radius 2 is 2.06 bits per heavy atom. The second-order valence-electron chi connectivity index (χ2n) is 4.13. The Balaban J connectivity index is 2.22. The summed E-state index contributed by atoms with van der Waals surface area (Å²) in [5.74, 6) is 1.62. The van der Waals surface area contributed by atoms with E-state index in [9.17, 15) is 4.79 Å². The number of H-pyrrole nitrogens is 1. The van der Waals surface area contributed by atoms with Gasteiger partial charge in [0.15, 0.2) is 0 Å². The molecular formula is C13H17N3O2. The lowest BCUT2D eigenvalue weighted by Gasteiger charge is -2.06. The van der Waals surface area contributed by atoms with Crippen molar-refractivity contribution in [3.63, 3.8) is 0 Å². The monoisotopic (exact) mass is 247 g/mol. The summed E-state index contributed by atoms with van der Waals surface area (Å²) in [5, 5.41) is 6.53. The highest BCUT2D eigenvalue weighted by Gasteiger charge is 2.07. The van der Waals surface area contributed by atoms with Gasteiger partial charge >= 0.3 is 5.69 Å². The van der Waals surface area contributed by atoms with E-state index in [1.54, 1.807) is 11.7 Å². The van der Waals surface area contributed by atoms with Gasteiger partial charge in [0.1, 0.15) is 11.6 Å². The summed E-state index contributed by atoms with van der Waals surface area (Å²) in [4.78, 5) is 11.7. The Kier molecular flexibility index (Phi) is 3.82. The molecule has 0 unspecified atom stereocenters. The van der Waals surface area contributed by atoms with Gasteiger partial charge in [0.25, 0.3) is 0 Å². The molecule has 0 aliphatic rings. The quantitative estimate of drug-likeness (QED) is 0.872. The summed E-state index contributed by atoms with van der Waals surface area (Å²) in [6, 6.07) is 7.68. The molecule has 2 aromatic rings. The van der Waals surface area contributed by atoms with Crippen molar-refractivity contribution in [1.29, 1.82) is 0 Å². The molecule has 5 nitrogen and oxygen atoms in total. The van der Waals surface area contributed by atoms with Crippen LogP contribution in [0.25, 0.3) is 0 Å². The summed E-state index contributed by atoms with van der Waals surface area (Å²) in [5.41, 5.74) is 0.894. The van der Waals surface area contributed by atoms with E-state index in [1.165, 1.54) is 0 Å². The summed E-state index contributed by atoms with van der Waals surface area (Å²) < 4.78 is 6.78. The number of ether oxygens (including phenoxy) is 1. The maximum atomic E-state index is 11.7. The van der Waals surface area contributed by atoms with Crippen molar-refractivity contribution in [2.24, 2.45) is 0 Å². The van der Waals surface area contributed by atoms with Crippen molar-refractivity contribution in [1.82, 2.24) is 14.8 Å². The van der Waals surface area contributed by atoms with Gasteiger partial charge in [-0.25, -0.2) is 9.89 Å². The molecule has 0 fully saturated rings. The predicted molar refractivity (Wildman–Crippen MR) is 68.9 cm³/mol. The van der Waals surface area contributed by atoms with Crippen LogP contribution in [0.4, 0.5) is 0 Å². The van der Waals surface area contributed by atoms with Crippen molar-refractivity contribution in [2.75, 3.05) is 7.11 Å². The molecule has 2 rings (SSSR count). The second kappa shape index (κ2) is 5.53. The van der Waals surface area contributed by atoms with E-state index in [-0.39, 0.29) is 5.69 Å². The molecule has 1 aromatic heterocycles. The predicted octanol–water partition coefficient (Wildman–Crippen LogP) is 1.58. The Morgan fingerprint density at radius 1 is 1.33 bits per heavy atom. The Bertz CT molecular complexity index is 554. The zero-order valence-electron chi connectivity index (χ0n) is 10.6. The molecule has 0 radical (unpaired) electrons. The molecule has 0 saturated heterocycles. The lowest BCUT2D eigenvalue weighted by Crippen LogP contribution is -2.19. The van der Waals surface area contributed by atoms with Crippen LogP contribution >= 0.6 is 0 Å². The van der Waals surface area contributed by atoms with Gasteiger partial charge in [0, 0.05) is 6.42 Å². The molecule has 1 N–H and O–H groups in total. The van der Waals surface area contributed by atoms with Gasteiger partial charge in [-0.3, -0.25) is 4.57 Å². The third-order valence-electron chi connectivity index (χ3n) is 2.81. The highest BCUT2D eigenvalue weighted by atomic mass is 16.5. The van der Waals surface area contributed by atoms with Crippen LogP contribution in [0.15, 0.2) is 29.1 Å². The zero-order chi connectivity index (χ0) is 13.0. The van der Waals surface area contributed by atoms with Crippen molar-refractivity contribution < 1.29 is 4.74 Å². The standard InChI is InChI=1S/C13H17N3O2/c1-3-4-12-14-15-13(17)16(12)9-10-5-7-11(18-2)8-6-10/h5-8H,3-4,9H2,1-2H3,(H,15,17). The van der Waals surface area contributed by atoms with E-state index in [2.05, 4.69) is 17.1 Å². The number of benzene rings is 1. The fourth-order valence-corrected chi connectivity index (χ4v) is 1.84. The Labute approximate surface area is 105 Å². The van der Waals surface area contributed by atoms with Crippen LogP contribution in [-0.2, 0) is 13.0 Å². The van der Waals surface area contributed by atoms with Crippen LogP contribution in [0.5, 0.6) is 5.75 Å². The van der Waals surface area contributed by atoms with Crippen molar-refractivity contribution in [3.8, 4) is 5.75 Å². The fourth-order valence-electron chi connectivity index (χ4n) is 1.84. The van der Waals surface area contributed by atoms with E-state index >= 15 is 0 Å². The van der Waals surface area contributed by atoms with Gasteiger partial charge in [-0.1, -0.05) is 19.1 Å². The molecule has 0 aliphatic carbocycles. The smallest absolute Gasteiger partial charge is 0.343 e. The molecule has 1 aromatic carbocycles. The molecule has 5 heteroatoms. The van der Waals surface area contributed by atoms with Crippen LogP contribution in [-0.4, -0.2) is 21.9 Å². The zero-order valence-corrected chi connectivity index (χ0v) is 10.6. The van der Waals surface area contributed by atoms with Crippen LogP contribution in [0.3, 0.4) is 0 Å². The number of aryl methyl sites for hydroxylation is 1. The second-order valence-corrected chi connectivity index (χ2v) is 4.13. The Hall–Kier alpha value is -2.04. The number of aromatic nitrogens is 3. The molecule has 96 valence electrons. The van der Waals surface area contributed by atoms with E-state index in [4.69, 9.17) is 4.74 Å². The van der Waals surface area contributed by atoms with Crippen molar-refractivity contribution >= 4 is 0 Å². The summed E-state index contributed by atoms with van der Waals surface area (Å²) in [6.45, 7) is 2.60. The largest absolute Gasteiger partial charge is 0.497 e. The Morgan fingerprint density at radius 3 is 2.67 bits per heavy atom. The minimum atomic E-state index is -0.158. The molecular weight excluding hydrogens is 230 g/mol. The van der Waals surface area contributed by atoms with E-state index < -0.39 is 0 Å². The summed E-state index contributed by atoms with van der Waals surface area (Å²) in [7, 11) is 1.63. The van der Waals surface area contributed by atoms with E-state index in [1.807, 2.05) is 24.3 Å². The number of nitrogens with one attached hydrogen (secondary N) is 1. The highest BCUT2D eigenvalue weighted by molar-refractivity contribution is 5.27. The molecule has 1 heterocycles. The van der Waals surface area contributed by atoms with Crippen molar-refractivity contribution in [3.05, 3.63) is 46.1 Å². The normalized spacial score (nSPS) is 10.6. The summed E-state index contributed by atoms with van der Waals surface area (Å²) >= 11 is 0. The molecule has 0 amide bonds. The number of hydrogen-bond donors (Lipinski definition) is 1. The first kappa shape index (κ1) is 12.4. The first-order valence-corrected chi connectivity index (χ1v) is 6.01. The maximum Gasteiger partial charge on any atom is 0.343 e. The van der Waals surface area contributed by atoms with E-state index in [0.717, 1.165) is 30.0 Å². The molecule has 18 heavy (non-hydrogen) atoms. The van der Waals surface area contributed by atoms with Gasteiger partial charge in [-0.2, -0.15) is 5.10 Å². The van der Waals surface area contributed by atoms with E-state index in [0.29, 0.717) is 6.54 Å². The lowest BCUT2D eigenvalue weighted by molar-refractivity contribution is 0.414. The molecule has 0 atom stereocenters. The van der Waals surface area contributed by atoms with Gasteiger partial charge < -0.3 is 4.74 Å². The lowest BCUT2D eigenvalue weighted by atomic mass is 10.2. The fraction of sp³-hybridized carbons (Fsp3) is 0.385. The van der Waals surface area contributed by atoms with Crippen LogP contribution < -0.4 is 10.4 Å². The first-order chi connectivity index (χ1) is 8.74. The summed E-state index contributed by atoms with van der Waals surface area (Å²) in [6.07, 6.45) is 1.77. The van der Waals surface area contributed by atoms with Crippen molar-refractivity contribution in [2.45, 2.75) is 26.3 Å². The number of hydrogen-bond acceptors (Lipinski definition) is 3. The third-order valence-corrected chi connectivity index (χ3v) is 2.81. The van der Waals surface area contributed by atoms with Crippen LogP contribution in [0.1, 0.15) is 24.7 Å². The third kappa shape index (κ3) is 2.61. The molecule has 0 bridgehead atoms. The van der Waals surface area contributed by atoms with Gasteiger partial charge in [-0.05, 0) is 24.1 Å². The topological polar surface area (TPSA) is 59.9 Å². The van der Waals surface area contributed by atoms with Gasteiger partial charge in [0.2, 0.25) is 0 Å². The van der Waals surface area contributed by atoms with Gasteiger partial charge in [0.05, 0.1) is 13.7 Å². The van der Waals surface area contributed by atoms with Crippen LogP contribution in [0.2, 0.25) is 0 Å². The molecule has 0 saturated carbocycles. The SMILES string of the molecule is CCCc1n[nH]c(=O)n1Cc1ccc(OC)cc1. The average molecular weight is 247 g/mol. The minimum absolute atomic E-state index is 0.158. The number of methoxy groups -OCH3 is 1. The average Bonchev–Trinajstić information content (AvgIpc) is 2.73. The van der Waals surface area contributed by atoms with Crippen LogP contribution in [0, 0.1) is 0 Å². The maximum absolute atomic E-state index is 11.7. The van der Waals surface area contributed by atoms with Gasteiger partial charge in [-0.15, -0.1) is 0 Å².